The number of carbonyl (C=O) groups excluding carboxylic acids is 2. The molecule has 0 saturated carbocycles. The fourth-order valence-electron chi connectivity index (χ4n) is 2.48. The Kier molecular flexibility index (Phi) is 4.29. The van der Waals surface area contributed by atoms with Crippen LogP contribution in [0.4, 0.5) is 5.69 Å². The Labute approximate surface area is 133 Å². The third-order valence-electron chi connectivity index (χ3n) is 3.69. The Bertz CT molecular complexity index is 664. The zero-order chi connectivity index (χ0) is 15.5. The molecule has 5 nitrogen and oxygen atoms in total. The van der Waals surface area contributed by atoms with Gasteiger partial charge in [0.25, 0.3) is 5.91 Å². The zero-order valence-electron chi connectivity index (χ0n) is 12.3. The number of rotatable bonds is 3. The lowest BCUT2D eigenvalue weighted by atomic mass is 9.94. The molecule has 0 aliphatic carbocycles. The third-order valence-corrected chi connectivity index (χ3v) is 4.61. The van der Waals surface area contributed by atoms with Crippen molar-refractivity contribution in [3.8, 4) is 0 Å². The highest BCUT2D eigenvalue weighted by Gasteiger charge is 2.21. The first kappa shape index (κ1) is 14.8. The van der Waals surface area contributed by atoms with Crippen LogP contribution in [0, 0.1) is 5.92 Å². The van der Waals surface area contributed by atoms with E-state index >= 15 is 0 Å². The summed E-state index contributed by atoms with van der Waals surface area (Å²) in [5.74, 6) is 1.69. The van der Waals surface area contributed by atoms with Crippen molar-refractivity contribution in [1.82, 2.24) is 5.43 Å². The molecule has 1 aromatic carbocycles. The van der Waals surface area contributed by atoms with Crippen molar-refractivity contribution in [3.63, 3.8) is 0 Å². The van der Waals surface area contributed by atoms with Crippen LogP contribution in [0.3, 0.4) is 0 Å². The van der Waals surface area contributed by atoms with Gasteiger partial charge in [0.15, 0.2) is 0 Å². The number of nitrogens with zero attached hydrogens (tertiary/aromatic N) is 1. The number of hydrogen-bond acceptors (Lipinski definition) is 4. The van der Waals surface area contributed by atoms with Crippen molar-refractivity contribution in [1.29, 1.82) is 0 Å². The lowest BCUT2D eigenvalue weighted by Gasteiger charge is -2.19. The van der Waals surface area contributed by atoms with Crippen LogP contribution in [0.25, 0.3) is 0 Å². The molecule has 1 atom stereocenters. The average molecular weight is 315 g/mol. The monoisotopic (exact) mass is 315 g/mol. The molecule has 22 heavy (non-hydrogen) atoms. The quantitative estimate of drug-likeness (QED) is 0.898. The summed E-state index contributed by atoms with van der Waals surface area (Å²) in [5, 5.41) is 7.04. The molecule has 114 valence electrons. The summed E-state index contributed by atoms with van der Waals surface area (Å²) < 4.78 is 0. The maximum absolute atomic E-state index is 12.0. The van der Waals surface area contributed by atoms with Crippen LogP contribution in [0.15, 0.2) is 41.0 Å². The van der Waals surface area contributed by atoms with Crippen molar-refractivity contribution >= 4 is 35.0 Å². The van der Waals surface area contributed by atoms with Gasteiger partial charge < -0.3 is 5.32 Å². The molecule has 2 aliphatic rings. The Balaban J connectivity index is 1.70. The maximum Gasteiger partial charge on any atom is 0.252 e. The summed E-state index contributed by atoms with van der Waals surface area (Å²) in [6, 6.07) is 7.56. The maximum atomic E-state index is 12.0. The highest BCUT2D eigenvalue weighted by Crippen LogP contribution is 2.21. The summed E-state index contributed by atoms with van der Waals surface area (Å²) in [6.45, 7) is 1.98. The van der Waals surface area contributed by atoms with Crippen LogP contribution in [0.5, 0.6) is 0 Å². The van der Waals surface area contributed by atoms with Gasteiger partial charge in [-0.3, -0.25) is 9.59 Å². The minimum absolute atomic E-state index is 0.0339. The predicted octanol–water partition coefficient (Wildman–Crippen LogP) is 2.16. The van der Waals surface area contributed by atoms with Gasteiger partial charge in [0.2, 0.25) is 5.91 Å². The number of nitrogens with one attached hydrogen (secondary N) is 2. The Morgan fingerprint density at radius 2 is 2.14 bits per heavy atom. The lowest BCUT2D eigenvalue weighted by Crippen LogP contribution is -2.31. The number of benzene rings is 1. The van der Waals surface area contributed by atoms with Crippen LogP contribution in [0.1, 0.15) is 18.9 Å². The Hall–Kier alpha value is -2.08. The molecule has 6 heteroatoms. The topological polar surface area (TPSA) is 70.6 Å². The minimum atomic E-state index is -0.0529. The minimum Gasteiger partial charge on any atom is -0.322 e. The van der Waals surface area contributed by atoms with E-state index in [-0.39, 0.29) is 17.7 Å². The van der Waals surface area contributed by atoms with Crippen LogP contribution in [-0.4, -0.2) is 29.0 Å². The second-order valence-corrected chi connectivity index (χ2v) is 6.44. The molecule has 0 fully saturated rings. The lowest BCUT2D eigenvalue weighted by molar-refractivity contribution is -0.121. The molecule has 2 amide bonds. The van der Waals surface area contributed by atoms with E-state index in [4.69, 9.17) is 0 Å². The van der Waals surface area contributed by atoms with E-state index in [9.17, 15) is 9.59 Å². The van der Waals surface area contributed by atoms with E-state index in [1.807, 2.05) is 37.3 Å². The van der Waals surface area contributed by atoms with E-state index in [2.05, 4.69) is 15.8 Å². The third kappa shape index (κ3) is 3.22. The largest absolute Gasteiger partial charge is 0.322 e. The normalized spacial score (nSPS) is 21.0. The van der Waals surface area contributed by atoms with E-state index in [0.29, 0.717) is 6.42 Å². The SMILES string of the molecule is CC1CC(=O)NN=C1c1ccc(NC(=O)C2=CCSC2)cc1. The van der Waals surface area contributed by atoms with Crippen molar-refractivity contribution in [2.45, 2.75) is 13.3 Å². The fourth-order valence-corrected chi connectivity index (χ4v) is 3.39. The van der Waals surface area contributed by atoms with E-state index in [0.717, 1.165) is 34.0 Å². The molecule has 1 aromatic rings. The van der Waals surface area contributed by atoms with Crippen molar-refractivity contribution in [2.24, 2.45) is 11.0 Å². The molecule has 0 bridgehead atoms. The van der Waals surface area contributed by atoms with Gasteiger partial charge in [-0.05, 0) is 17.7 Å². The molecule has 2 N–H and O–H groups in total. The molecular formula is C16H17N3O2S. The molecule has 0 saturated heterocycles. The molecule has 2 heterocycles. The van der Waals surface area contributed by atoms with Crippen LogP contribution < -0.4 is 10.7 Å². The fraction of sp³-hybridized carbons (Fsp3) is 0.312. The number of hydrazone groups is 1. The van der Waals surface area contributed by atoms with Gasteiger partial charge in [-0.15, -0.1) is 0 Å². The van der Waals surface area contributed by atoms with Gasteiger partial charge in [-0.25, -0.2) is 5.43 Å². The summed E-state index contributed by atoms with van der Waals surface area (Å²) in [5.41, 5.74) is 5.94. The van der Waals surface area contributed by atoms with E-state index in [1.165, 1.54) is 0 Å². The van der Waals surface area contributed by atoms with Gasteiger partial charge in [0.05, 0.1) is 5.71 Å². The highest BCUT2D eigenvalue weighted by atomic mass is 32.2. The van der Waals surface area contributed by atoms with Crippen molar-refractivity contribution in [3.05, 3.63) is 41.5 Å². The molecular weight excluding hydrogens is 298 g/mol. The first-order valence-electron chi connectivity index (χ1n) is 7.18. The summed E-state index contributed by atoms with van der Waals surface area (Å²) in [7, 11) is 0. The smallest absolute Gasteiger partial charge is 0.252 e. The van der Waals surface area contributed by atoms with Gasteiger partial charge in [-0.1, -0.05) is 25.1 Å². The molecule has 0 spiro atoms. The van der Waals surface area contributed by atoms with Crippen molar-refractivity contribution < 1.29 is 9.59 Å². The second kappa shape index (κ2) is 6.36. The molecule has 3 rings (SSSR count). The number of thioether (sulfide) groups is 1. The first-order valence-corrected chi connectivity index (χ1v) is 8.34. The average Bonchev–Trinajstić information content (AvgIpc) is 3.03. The summed E-state index contributed by atoms with van der Waals surface area (Å²) >= 11 is 1.74. The van der Waals surface area contributed by atoms with Gasteiger partial charge in [-0.2, -0.15) is 16.9 Å². The molecule has 2 aliphatic heterocycles. The molecule has 1 unspecified atom stereocenters. The molecule has 0 radical (unpaired) electrons. The Morgan fingerprint density at radius 1 is 1.36 bits per heavy atom. The number of amides is 2. The Morgan fingerprint density at radius 3 is 2.77 bits per heavy atom. The van der Waals surface area contributed by atoms with Crippen LogP contribution >= 0.6 is 11.8 Å². The highest BCUT2D eigenvalue weighted by molar-refractivity contribution is 7.99. The first-order chi connectivity index (χ1) is 10.6. The van der Waals surface area contributed by atoms with Crippen LogP contribution in [0.2, 0.25) is 0 Å². The zero-order valence-corrected chi connectivity index (χ0v) is 13.1. The summed E-state index contributed by atoms with van der Waals surface area (Å²) in [4.78, 5) is 23.3. The molecule has 0 aromatic heterocycles. The number of anilines is 1. The summed E-state index contributed by atoms with van der Waals surface area (Å²) in [6.07, 6.45) is 2.42. The van der Waals surface area contributed by atoms with E-state index < -0.39 is 0 Å². The van der Waals surface area contributed by atoms with Gasteiger partial charge in [0.1, 0.15) is 0 Å². The standard InChI is InChI=1S/C16H17N3O2S/c1-10-8-14(20)18-19-15(10)11-2-4-13(5-3-11)17-16(21)12-6-7-22-9-12/h2-6,10H,7-9H2,1H3,(H,17,21)(H,18,20). The van der Waals surface area contributed by atoms with Crippen LogP contribution in [-0.2, 0) is 9.59 Å². The predicted molar refractivity (Wildman–Crippen MR) is 88.9 cm³/mol. The second-order valence-electron chi connectivity index (χ2n) is 5.41. The number of hydrogen-bond donors (Lipinski definition) is 2. The number of carbonyl (C=O) groups is 2. The van der Waals surface area contributed by atoms with Gasteiger partial charge in [0, 0.05) is 35.1 Å². The van der Waals surface area contributed by atoms with Crippen molar-refractivity contribution in [2.75, 3.05) is 16.8 Å². The van der Waals surface area contributed by atoms with E-state index in [1.54, 1.807) is 11.8 Å². The van der Waals surface area contributed by atoms with Gasteiger partial charge >= 0.3 is 0 Å².